The van der Waals surface area contributed by atoms with Gasteiger partial charge in [0.2, 0.25) is 0 Å². The van der Waals surface area contributed by atoms with E-state index in [-0.39, 0.29) is 19.5 Å². The number of β-amino-alcohol motifs (C(OH)–C–C–N with tert-alkyl or cyclic N) is 1. The number of rotatable bonds is 3. The lowest BCUT2D eigenvalue weighted by atomic mass is 10.2. The highest BCUT2D eigenvalue weighted by Gasteiger charge is 2.38. The highest BCUT2D eigenvalue weighted by molar-refractivity contribution is 5.83. The molecule has 1 aromatic rings. The summed E-state index contributed by atoms with van der Waals surface area (Å²) in [5, 5.41) is 25.1. The lowest BCUT2D eigenvalue weighted by molar-refractivity contribution is -0.141. The van der Waals surface area contributed by atoms with Crippen LogP contribution in [0.25, 0.3) is 0 Å². The number of aliphatic carboxylic acids is 1. The first-order valence-electron chi connectivity index (χ1n) is 5.91. The van der Waals surface area contributed by atoms with Gasteiger partial charge in [-0.1, -0.05) is 0 Å². The van der Waals surface area contributed by atoms with E-state index in [2.05, 4.69) is 10.4 Å². The molecule has 2 heterocycles. The Morgan fingerprint density at radius 1 is 1.58 bits per heavy atom. The molecular weight excluding hydrogens is 252 g/mol. The number of carboxylic acid groups (broad SMARTS) is 1. The van der Waals surface area contributed by atoms with Crippen LogP contribution < -0.4 is 5.32 Å². The Balaban J connectivity index is 1.96. The van der Waals surface area contributed by atoms with Gasteiger partial charge in [-0.3, -0.25) is 4.68 Å². The fourth-order valence-corrected chi connectivity index (χ4v) is 2.11. The number of carbonyl (C=O) groups is 2. The van der Waals surface area contributed by atoms with Crippen molar-refractivity contribution in [1.82, 2.24) is 20.0 Å². The molecule has 2 amide bonds. The van der Waals surface area contributed by atoms with E-state index in [4.69, 9.17) is 5.11 Å². The van der Waals surface area contributed by atoms with Crippen LogP contribution in [0.2, 0.25) is 0 Å². The van der Waals surface area contributed by atoms with Crippen LogP contribution in [-0.2, 0) is 18.4 Å². The van der Waals surface area contributed by atoms with E-state index in [1.807, 2.05) is 0 Å². The van der Waals surface area contributed by atoms with Gasteiger partial charge in [-0.05, 0) is 6.07 Å². The maximum Gasteiger partial charge on any atom is 0.326 e. The van der Waals surface area contributed by atoms with Crippen LogP contribution in [0.5, 0.6) is 0 Å². The van der Waals surface area contributed by atoms with Crippen LogP contribution in [0.1, 0.15) is 12.1 Å². The van der Waals surface area contributed by atoms with E-state index in [0.717, 1.165) is 10.6 Å². The fourth-order valence-electron chi connectivity index (χ4n) is 2.11. The van der Waals surface area contributed by atoms with Crippen molar-refractivity contribution in [2.75, 3.05) is 6.54 Å². The highest BCUT2D eigenvalue weighted by atomic mass is 16.4. The van der Waals surface area contributed by atoms with Crippen molar-refractivity contribution in [1.29, 1.82) is 0 Å². The van der Waals surface area contributed by atoms with Crippen molar-refractivity contribution in [3.8, 4) is 0 Å². The molecule has 1 aliphatic heterocycles. The Morgan fingerprint density at radius 3 is 2.89 bits per heavy atom. The standard InChI is InChI=1S/C11H16N4O4/c1-14-7(2-3-13-14)5-12-11(19)15-6-8(16)4-9(15)10(17)18/h2-3,8-9,16H,4-6H2,1H3,(H,12,19)(H,17,18)/t8-,9+/m1/s1. The number of aromatic nitrogens is 2. The van der Waals surface area contributed by atoms with E-state index < -0.39 is 24.1 Å². The Bertz CT molecular complexity index is 487. The van der Waals surface area contributed by atoms with Crippen molar-refractivity contribution < 1.29 is 19.8 Å². The van der Waals surface area contributed by atoms with Gasteiger partial charge in [-0.15, -0.1) is 0 Å². The summed E-state index contributed by atoms with van der Waals surface area (Å²) in [7, 11) is 1.75. The normalized spacial score (nSPS) is 22.5. The molecule has 2 rings (SSSR count). The highest BCUT2D eigenvalue weighted by Crippen LogP contribution is 2.18. The number of nitrogens with one attached hydrogen (secondary N) is 1. The summed E-state index contributed by atoms with van der Waals surface area (Å²) in [6.07, 6.45) is 0.888. The summed E-state index contributed by atoms with van der Waals surface area (Å²) in [5.41, 5.74) is 0.806. The number of hydrogen-bond acceptors (Lipinski definition) is 4. The second-order valence-electron chi connectivity index (χ2n) is 4.50. The minimum atomic E-state index is -1.10. The van der Waals surface area contributed by atoms with Gasteiger partial charge >= 0.3 is 12.0 Å². The molecule has 8 heteroatoms. The summed E-state index contributed by atoms with van der Waals surface area (Å²) < 4.78 is 1.62. The molecule has 0 saturated carbocycles. The predicted molar refractivity (Wildman–Crippen MR) is 64.2 cm³/mol. The fraction of sp³-hybridized carbons (Fsp3) is 0.545. The van der Waals surface area contributed by atoms with E-state index in [9.17, 15) is 14.7 Å². The largest absolute Gasteiger partial charge is 0.480 e. The molecule has 8 nitrogen and oxygen atoms in total. The summed E-state index contributed by atoms with van der Waals surface area (Å²) in [6, 6.07) is 0.292. The first kappa shape index (κ1) is 13.3. The van der Waals surface area contributed by atoms with Crippen LogP contribution in [0.3, 0.4) is 0 Å². The number of amides is 2. The molecule has 1 aromatic heterocycles. The average Bonchev–Trinajstić information content (AvgIpc) is 2.92. The van der Waals surface area contributed by atoms with Gasteiger partial charge in [-0.25, -0.2) is 9.59 Å². The second-order valence-corrected chi connectivity index (χ2v) is 4.50. The Kier molecular flexibility index (Phi) is 3.70. The summed E-state index contributed by atoms with van der Waals surface area (Å²) in [6.45, 7) is 0.294. The van der Waals surface area contributed by atoms with E-state index in [0.29, 0.717) is 0 Å². The van der Waals surface area contributed by atoms with Crippen LogP contribution in [-0.4, -0.2) is 55.6 Å². The topological polar surface area (TPSA) is 108 Å². The maximum absolute atomic E-state index is 11.9. The first-order chi connectivity index (χ1) is 8.99. The lowest BCUT2D eigenvalue weighted by Gasteiger charge is -2.21. The van der Waals surface area contributed by atoms with Crippen LogP contribution in [0, 0.1) is 0 Å². The van der Waals surface area contributed by atoms with Gasteiger partial charge in [0.15, 0.2) is 0 Å². The Morgan fingerprint density at radius 2 is 2.32 bits per heavy atom. The Hall–Kier alpha value is -2.09. The molecule has 3 N–H and O–H groups in total. The van der Waals surface area contributed by atoms with Crippen molar-refractivity contribution in [3.63, 3.8) is 0 Å². The number of aryl methyl sites for hydroxylation is 1. The molecule has 1 fully saturated rings. The molecule has 2 atom stereocenters. The molecule has 0 spiro atoms. The monoisotopic (exact) mass is 268 g/mol. The number of aliphatic hydroxyl groups is 1. The summed E-state index contributed by atoms with van der Waals surface area (Å²) >= 11 is 0. The van der Waals surface area contributed by atoms with E-state index in [1.54, 1.807) is 24.0 Å². The number of aliphatic hydroxyl groups excluding tert-OH is 1. The Labute approximate surface area is 109 Å². The van der Waals surface area contributed by atoms with Crippen molar-refractivity contribution in [2.24, 2.45) is 7.05 Å². The van der Waals surface area contributed by atoms with Gasteiger partial charge in [0, 0.05) is 26.2 Å². The minimum Gasteiger partial charge on any atom is -0.480 e. The van der Waals surface area contributed by atoms with Crippen LogP contribution in [0.15, 0.2) is 12.3 Å². The van der Waals surface area contributed by atoms with Gasteiger partial charge in [0.1, 0.15) is 6.04 Å². The quantitative estimate of drug-likeness (QED) is 0.662. The average molecular weight is 268 g/mol. The smallest absolute Gasteiger partial charge is 0.326 e. The zero-order valence-electron chi connectivity index (χ0n) is 10.5. The van der Waals surface area contributed by atoms with Gasteiger partial charge in [0.25, 0.3) is 0 Å². The van der Waals surface area contributed by atoms with Gasteiger partial charge in [0.05, 0.1) is 18.3 Å². The third kappa shape index (κ3) is 2.84. The molecule has 0 unspecified atom stereocenters. The number of likely N-dealkylation sites (tertiary alicyclic amines) is 1. The van der Waals surface area contributed by atoms with Gasteiger partial charge in [-0.2, -0.15) is 5.10 Å². The molecule has 1 saturated heterocycles. The molecule has 19 heavy (non-hydrogen) atoms. The van der Waals surface area contributed by atoms with E-state index >= 15 is 0 Å². The molecule has 0 radical (unpaired) electrons. The number of carbonyl (C=O) groups excluding carboxylic acids is 1. The SMILES string of the molecule is Cn1nccc1CNC(=O)N1C[C@H](O)C[C@H]1C(=O)O. The van der Waals surface area contributed by atoms with Gasteiger partial charge < -0.3 is 20.4 Å². The minimum absolute atomic E-state index is 0.0359. The molecule has 104 valence electrons. The molecule has 0 aliphatic carbocycles. The zero-order valence-corrected chi connectivity index (χ0v) is 10.5. The number of urea groups is 1. The van der Waals surface area contributed by atoms with Crippen LogP contribution >= 0.6 is 0 Å². The van der Waals surface area contributed by atoms with E-state index in [1.165, 1.54) is 0 Å². The molecule has 0 bridgehead atoms. The number of hydrogen-bond donors (Lipinski definition) is 3. The summed E-state index contributed by atoms with van der Waals surface area (Å²) in [4.78, 5) is 24.1. The molecule has 1 aliphatic rings. The molecular formula is C11H16N4O4. The number of nitrogens with zero attached hydrogens (tertiary/aromatic N) is 3. The molecule has 0 aromatic carbocycles. The first-order valence-corrected chi connectivity index (χ1v) is 5.91. The zero-order chi connectivity index (χ0) is 14.0. The predicted octanol–water partition coefficient (Wildman–Crippen LogP) is -0.850. The van der Waals surface area contributed by atoms with Crippen molar-refractivity contribution >= 4 is 12.0 Å². The lowest BCUT2D eigenvalue weighted by Crippen LogP contribution is -2.46. The maximum atomic E-state index is 11.9. The van der Waals surface area contributed by atoms with Crippen molar-refractivity contribution in [2.45, 2.75) is 25.1 Å². The van der Waals surface area contributed by atoms with Crippen LogP contribution in [0.4, 0.5) is 4.79 Å². The second kappa shape index (κ2) is 5.27. The number of carboxylic acids is 1. The van der Waals surface area contributed by atoms with Crippen molar-refractivity contribution in [3.05, 3.63) is 18.0 Å². The third-order valence-electron chi connectivity index (χ3n) is 3.17. The summed E-state index contributed by atoms with van der Waals surface area (Å²) in [5.74, 6) is -1.10. The third-order valence-corrected chi connectivity index (χ3v) is 3.17.